The Morgan fingerprint density at radius 1 is 1.23 bits per heavy atom. The van der Waals surface area contributed by atoms with E-state index in [0.29, 0.717) is 17.5 Å². The molecule has 0 aliphatic carbocycles. The largest absolute Gasteiger partial charge is 0.482 e. The van der Waals surface area contributed by atoms with Gasteiger partial charge in [0.15, 0.2) is 12.3 Å². The SMILES string of the molecule is O=C(NCc1ncn[nH]1)c1coc(COc2cccc3cccnc23)n1. The highest BCUT2D eigenvalue weighted by atomic mass is 16.5. The lowest BCUT2D eigenvalue weighted by atomic mass is 10.2. The number of pyridine rings is 1. The number of nitrogens with one attached hydrogen (secondary N) is 2. The summed E-state index contributed by atoms with van der Waals surface area (Å²) in [6.07, 6.45) is 4.36. The second-order valence-corrected chi connectivity index (χ2v) is 5.36. The molecule has 0 saturated heterocycles. The van der Waals surface area contributed by atoms with Gasteiger partial charge in [-0.05, 0) is 12.1 Å². The van der Waals surface area contributed by atoms with Crippen molar-refractivity contribution in [1.29, 1.82) is 0 Å². The van der Waals surface area contributed by atoms with Crippen LogP contribution in [0.25, 0.3) is 10.9 Å². The van der Waals surface area contributed by atoms with Gasteiger partial charge in [-0.2, -0.15) is 5.10 Å². The standard InChI is InChI=1S/C17H14N6O3/c24-17(19-7-14-20-10-21-23-14)12-8-26-15(22-12)9-25-13-5-1-3-11-4-2-6-18-16(11)13/h1-6,8,10H,7,9H2,(H,19,24)(H,20,21,23). The predicted octanol–water partition coefficient (Wildman–Crippen LogP) is 1.85. The molecule has 3 aromatic heterocycles. The van der Waals surface area contributed by atoms with E-state index in [0.717, 1.165) is 10.9 Å². The number of amides is 1. The van der Waals surface area contributed by atoms with Gasteiger partial charge in [0.1, 0.15) is 29.7 Å². The minimum absolute atomic E-state index is 0.0884. The van der Waals surface area contributed by atoms with Gasteiger partial charge in [0.25, 0.3) is 5.91 Å². The van der Waals surface area contributed by atoms with Gasteiger partial charge in [-0.1, -0.05) is 18.2 Å². The fourth-order valence-corrected chi connectivity index (χ4v) is 2.38. The predicted molar refractivity (Wildman–Crippen MR) is 90.1 cm³/mol. The number of aromatic nitrogens is 5. The number of H-pyrrole nitrogens is 1. The van der Waals surface area contributed by atoms with Crippen LogP contribution in [0.2, 0.25) is 0 Å². The fourth-order valence-electron chi connectivity index (χ4n) is 2.38. The van der Waals surface area contributed by atoms with Gasteiger partial charge in [-0.3, -0.25) is 14.9 Å². The lowest BCUT2D eigenvalue weighted by molar-refractivity contribution is 0.0945. The Morgan fingerprint density at radius 3 is 3.04 bits per heavy atom. The highest BCUT2D eigenvalue weighted by molar-refractivity contribution is 5.91. The molecular weight excluding hydrogens is 336 g/mol. The van der Waals surface area contributed by atoms with Crippen molar-refractivity contribution < 1.29 is 13.9 Å². The van der Waals surface area contributed by atoms with E-state index in [4.69, 9.17) is 9.15 Å². The Morgan fingerprint density at radius 2 is 2.15 bits per heavy atom. The van der Waals surface area contributed by atoms with Gasteiger partial charge >= 0.3 is 0 Å². The van der Waals surface area contributed by atoms with Crippen LogP contribution in [0.4, 0.5) is 0 Å². The zero-order valence-electron chi connectivity index (χ0n) is 13.5. The van der Waals surface area contributed by atoms with Crippen LogP contribution >= 0.6 is 0 Å². The smallest absolute Gasteiger partial charge is 0.273 e. The number of rotatable bonds is 6. The van der Waals surface area contributed by atoms with E-state index in [1.165, 1.54) is 12.6 Å². The highest BCUT2D eigenvalue weighted by Crippen LogP contribution is 2.23. The molecule has 2 N–H and O–H groups in total. The van der Waals surface area contributed by atoms with Crippen molar-refractivity contribution in [3.05, 3.63) is 66.5 Å². The average Bonchev–Trinajstić information content (AvgIpc) is 3.36. The Labute approximate surface area is 147 Å². The zero-order valence-corrected chi connectivity index (χ0v) is 13.5. The number of para-hydroxylation sites is 1. The molecule has 1 amide bonds. The monoisotopic (exact) mass is 350 g/mol. The van der Waals surface area contributed by atoms with Crippen LogP contribution in [0.1, 0.15) is 22.2 Å². The number of hydrogen-bond donors (Lipinski definition) is 2. The van der Waals surface area contributed by atoms with Crippen LogP contribution in [-0.2, 0) is 13.2 Å². The van der Waals surface area contributed by atoms with Gasteiger partial charge < -0.3 is 14.5 Å². The minimum Gasteiger partial charge on any atom is -0.482 e. The second kappa shape index (κ2) is 7.01. The quantitative estimate of drug-likeness (QED) is 0.544. The van der Waals surface area contributed by atoms with E-state index in [2.05, 4.69) is 30.5 Å². The Balaban J connectivity index is 1.39. The van der Waals surface area contributed by atoms with Crippen molar-refractivity contribution in [2.24, 2.45) is 0 Å². The Kier molecular flexibility index (Phi) is 4.25. The van der Waals surface area contributed by atoms with E-state index in [1.807, 2.05) is 30.3 Å². The summed E-state index contributed by atoms with van der Waals surface area (Å²) < 4.78 is 11.0. The maximum atomic E-state index is 12.1. The van der Waals surface area contributed by atoms with Gasteiger partial charge in [0.2, 0.25) is 5.89 Å². The lowest BCUT2D eigenvalue weighted by Gasteiger charge is -2.06. The van der Waals surface area contributed by atoms with E-state index < -0.39 is 0 Å². The third kappa shape index (κ3) is 3.36. The van der Waals surface area contributed by atoms with Crippen molar-refractivity contribution in [2.75, 3.05) is 0 Å². The van der Waals surface area contributed by atoms with Crippen LogP contribution in [0.5, 0.6) is 5.75 Å². The molecule has 1 aromatic carbocycles. The van der Waals surface area contributed by atoms with Crippen LogP contribution in [0.3, 0.4) is 0 Å². The maximum absolute atomic E-state index is 12.1. The van der Waals surface area contributed by atoms with Crippen molar-refractivity contribution >= 4 is 16.8 Å². The molecule has 9 heteroatoms. The average molecular weight is 350 g/mol. The number of fused-ring (bicyclic) bond motifs is 1. The highest BCUT2D eigenvalue weighted by Gasteiger charge is 2.13. The van der Waals surface area contributed by atoms with Crippen molar-refractivity contribution in [2.45, 2.75) is 13.2 Å². The summed E-state index contributed by atoms with van der Waals surface area (Å²) in [4.78, 5) is 24.4. The number of carbonyl (C=O) groups excluding carboxylic acids is 1. The summed E-state index contributed by atoms with van der Waals surface area (Å²) in [5, 5.41) is 10.0. The molecule has 0 fully saturated rings. The van der Waals surface area contributed by atoms with Crippen LogP contribution < -0.4 is 10.1 Å². The van der Waals surface area contributed by atoms with E-state index >= 15 is 0 Å². The number of carbonyl (C=O) groups is 1. The number of aromatic amines is 1. The molecule has 0 bridgehead atoms. The number of ether oxygens (including phenoxy) is 1. The first-order valence-corrected chi connectivity index (χ1v) is 7.83. The van der Waals surface area contributed by atoms with Gasteiger partial charge in [-0.25, -0.2) is 9.97 Å². The normalized spacial score (nSPS) is 10.8. The molecule has 26 heavy (non-hydrogen) atoms. The molecule has 0 unspecified atom stereocenters. The number of hydrogen-bond acceptors (Lipinski definition) is 7. The van der Waals surface area contributed by atoms with E-state index in [9.17, 15) is 4.79 Å². The first-order valence-electron chi connectivity index (χ1n) is 7.83. The number of benzene rings is 1. The lowest BCUT2D eigenvalue weighted by Crippen LogP contribution is -2.23. The summed E-state index contributed by atoms with van der Waals surface area (Å²) in [7, 11) is 0. The molecule has 0 saturated carbocycles. The van der Waals surface area contributed by atoms with Crippen molar-refractivity contribution in [3.63, 3.8) is 0 Å². The second-order valence-electron chi connectivity index (χ2n) is 5.36. The summed E-state index contributed by atoms with van der Waals surface area (Å²) in [6.45, 7) is 0.310. The molecule has 0 aliphatic heterocycles. The summed E-state index contributed by atoms with van der Waals surface area (Å²) >= 11 is 0. The molecule has 130 valence electrons. The van der Waals surface area contributed by atoms with E-state index in [-0.39, 0.29) is 24.8 Å². The van der Waals surface area contributed by atoms with Crippen LogP contribution in [0.15, 0.2) is 53.5 Å². The molecule has 0 atom stereocenters. The summed E-state index contributed by atoms with van der Waals surface area (Å²) in [5.74, 6) is 1.09. The first-order chi connectivity index (χ1) is 12.8. The third-order valence-electron chi connectivity index (χ3n) is 3.61. The molecule has 0 spiro atoms. The first kappa shape index (κ1) is 15.8. The minimum atomic E-state index is -0.372. The van der Waals surface area contributed by atoms with E-state index in [1.54, 1.807) is 6.20 Å². The topological polar surface area (TPSA) is 119 Å². The molecule has 0 aliphatic rings. The van der Waals surface area contributed by atoms with Gasteiger partial charge in [0, 0.05) is 11.6 Å². The Hall–Kier alpha value is -3.75. The summed E-state index contributed by atoms with van der Waals surface area (Å²) in [5.41, 5.74) is 0.922. The molecule has 3 heterocycles. The molecule has 0 radical (unpaired) electrons. The maximum Gasteiger partial charge on any atom is 0.273 e. The Bertz CT molecular complexity index is 1020. The molecular formula is C17H14N6O3. The molecule has 4 aromatic rings. The molecule has 4 rings (SSSR count). The van der Waals surface area contributed by atoms with Crippen LogP contribution in [0, 0.1) is 0 Å². The van der Waals surface area contributed by atoms with Gasteiger partial charge in [-0.15, -0.1) is 0 Å². The van der Waals surface area contributed by atoms with Gasteiger partial charge in [0.05, 0.1) is 6.54 Å². The van der Waals surface area contributed by atoms with Crippen LogP contribution in [-0.4, -0.2) is 31.1 Å². The number of oxazole rings is 1. The number of nitrogens with zero attached hydrogens (tertiary/aromatic N) is 4. The zero-order chi connectivity index (χ0) is 17.8. The van der Waals surface area contributed by atoms with Crippen molar-refractivity contribution in [1.82, 2.24) is 30.5 Å². The summed E-state index contributed by atoms with van der Waals surface area (Å²) in [6, 6.07) is 9.49. The third-order valence-corrected chi connectivity index (χ3v) is 3.61. The van der Waals surface area contributed by atoms with Crippen molar-refractivity contribution in [3.8, 4) is 5.75 Å². The molecule has 9 nitrogen and oxygen atoms in total. The fraction of sp³-hybridized carbons (Fsp3) is 0.118.